The standard InChI is InChI=1S/C15H15N3O2S/c1-8-4-5-12-13(6-8)21-15(16-12)17-14(19)7-11-9(2)18-20-10(11)3/h4-6H,7H2,1-3H3,(H,16,17,19). The lowest BCUT2D eigenvalue weighted by atomic mass is 10.1. The van der Waals surface area contributed by atoms with Crippen LogP contribution in [0.4, 0.5) is 5.13 Å². The van der Waals surface area contributed by atoms with Crippen molar-refractivity contribution in [2.45, 2.75) is 27.2 Å². The minimum absolute atomic E-state index is 0.111. The van der Waals surface area contributed by atoms with E-state index in [2.05, 4.69) is 21.5 Å². The number of aromatic nitrogens is 2. The number of fused-ring (bicyclic) bond motifs is 1. The van der Waals surface area contributed by atoms with Gasteiger partial charge in [0.1, 0.15) is 5.76 Å². The quantitative estimate of drug-likeness (QED) is 0.805. The fourth-order valence-electron chi connectivity index (χ4n) is 2.16. The average Bonchev–Trinajstić information content (AvgIpc) is 2.95. The lowest BCUT2D eigenvalue weighted by Gasteiger charge is -2.00. The number of anilines is 1. The lowest BCUT2D eigenvalue weighted by molar-refractivity contribution is -0.115. The highest BCUT2D eigenvalue weighted by atomic mass is 32.1. The molecule has 5 nitrogen and oxygen atoms in total. The number of amides is 1. The summed E-state index contributed by atoms with van der Waals surface area (Å²) in [5.74, 6) is 0.572. The number of rotatable bonds is 3. The van der Waals surface area contributed by atoms with Crippen LogP contribution in [0.5, 0.6) is 0 Å². The number of carbonyl (C=O) groups is 1. The predicted octanol–water partition coefficient (Wildman–Crippen LogP) is 3.39. The van der Waals surface area contributed by atoms with E-state index in [-0.39, 0.29) is 12.3 Å². The first-order valence-corrected chi connectivity index (χ1v) is 7.43. The van der Waals surface area contributed by atoms with Gasteiger partial charge in [-0.25, -0.2) is 4.98 Å². The summed E-state index contributed by atoms with van der Waals surface area (Å²) >= 11 is 1.48. The molecule has 0 aliphatic heterocycles. The monoisotopic (exact) mass is 301 g/mol. The Kier molecular flexibility index (Phi) is 3.47. The molecule has 0 fully saturated rings. The van der Waals surface area contributed by atoms with E-state index in [1.807, 2.05) is 32.9 Å². The number of nitrogens with one attached hydrogen (secondary N) is 1. The molecule has 0 aliphatic carbocycles. The van der Waals surface area contributed by atoms with E-state index < -0.39 is 0 Å². The van der Waals surface area contributed by atoms with E-state index in [1.54, 1.807) is 0 Å². The van der Waals surface area contributed by atoms with E-state index in [4.69, 9.17) is 4.52 Å². The van der Waals surface area contributed by atoms with Gasteiger partial charge in [0.25, 0.3) is 0 Å². The fraction of sp³-hybridized carbons (Fsp3) is 0.267. The molecular weight excluding hydrogens is 286 g/mol. The number of hydrogen-bond donors (Lipinski definition) is 1. The number of benzene rings is 1. The highest BCUT2D eigenvalue weighted by molar-refractivity contribution is 7.22. The second-order valence-corrected chi connectivity index (χ2v) is 6.05. The van der Waals surface area contributed by atoms with E-state index in [1.165, 1.54) is 16.9 Å². The summed E-state index contributed by atoms with van der Waals surface area (Å²) in [5, 5.41) is 7.31. The van der Waals surface area contributed by atoms with E-state index >= 15 is 0 Å². The van der Waals surface area contributed by atoms with Gasteiger partial charge in [0.2, 0.25) is 5.91 Å². The third kappa shape index (κ3) is 2.80. The maximum absolute atomic E-state index is 12.1. The highest BCUT2D eigenvalue weighted by Gasteiger charge is 2.14. The third-order valence-electron chi connectivity index (χ3n) is 3.31. The Morgan fingerprint density at radius 3 is 2.86 bits per heavy atom. The van der Waals surface area contributed by atoms with Crippen LogP contribution in [0.2, 0.25) is 0 Å². The summed E-state index contributed by atoms with van der Waals surface area (Å²) in [6.07, 6.45) is 0.246. The normalized spacial score (nSPS) is 11.0. The molecule has 6 heteroatoms. The Labute approximate surface area is 126 Å². The molecule has 0 saturated heterocycles. The largest absolute Gasteiger partial charge is 0.361 e. The second kappa shape index (κ2) is 5.29. The molecule has 0 saturated carbocycles. The summed E-state index contributed by atoms with van der Waals surface area (Å²) in [4.78, 5) is 16.5. The molecule has 0 radical (unpaired) electrons. The second-order valence-electron chi connectivity index (χ2n) is 5.02. The van der Waals surface area contributed by atoms with Crippen molar-refractivity contribution in [2.24, 2.45) is 0 Å². The minimum Gasteiger partial charge on any atom is -0.361 e. The Bertz CT molecular complexity index is 800. The number of aryl methyl sites for hydroxylation is 3. The van der Waals surface area contributed by atoms with Gasteiger partial charge in [0, 0.05) is 5.56 Å². The molecule has 1 aromatic carbocycles. The van der Waals surface area contributed by atoms with Gasteiger partial charge in [0.15, 0.2) is 5.13 Å². The van der Waals surface area contributed by atoms with Crippen molar-refractivity contribution in [1.29, 1.82) is 0 Å². The Morgan fingerprint density at radius 1 is 1.33 bits per heavy atom. The SMILES string of the molecule is Cc1ccc2nc(NC(=O)Cc3c(C)noc3C)sc2c1. The molecule has 3 rings (SSSR count). The van der Waals surface area contributed by atoms with Gasteiger partial charge < -0.3 is 9.84 Å². The summed E-state index contributed by atoms with van der Waals surface area (Å²) in [5.41, 5.74) is 3.67. The van der Waals surface area contributed by atoms with Crippen molar-refractivity contribution < 1.29 is 9.32 Å². The third-order valence-corrected chi connectivity index (χ3v) is 4.24. The molecule has 0 bridgehead atoms. The maximum Gasteiger partial charge on any atom is 0.230 e. The van der Waals surface area contributed by atoms with Gasteiger partial charge in [-0.3, -0.25) is 4.79 Å². The van der Waals surface area contributed by atoms with E-state index in [0.717, 1.165) is 21.5 Å². The zero-order valence-corrected chi connectivity index (χ0v) is 12.9. The molecule has 1 amide bonds. The molecule has 0 aliphatic rings. The predicted molar refractivity (Wildman–Crippen MR) is 82.7 cm³/mol. The summed E-state index contributed by atoms with van der Waals surface area (Å²) < 4.78 is 6.14. The van der Waals surface area contributed by atoms with Crippen LogP contribution in [0, 0.1) is 20.8 Å². The van der Waals surface area contributed by atoms with Gasteiger partial charge in [-0.15, -0.1) is 0 Å². The summed E-state index contributed by atoms with van der Waals surface area (Å²) in [7, 11) is 0. The molecule has 3 aromatic rings. The van der Waals surface area contributed by atoms with Crippen molar-refractivity contribution in [3.63, 3.8) is 0 Å². The van der Waals surface area contributed by atoms with Crippen LogP contribution in [0.3, 0.4) is 0 Å². The minimum atomic E-state index is -0.111. The van der Waals surface area contributed by atoms with Gasteiger partial charge in [-0.05, 0) is 38.5 Å². The molecule has 0 spiro atoms. The first-order chi connectivity index (χ1) is 10.0. The van der Waals surface area contributed by atoms with Crippen molar-refractivity contribution in [1.82, 2.24) is 10.1 Å². The number of thiazole rings is 1. The molecule has 2 aromatic heterocycles. The van der Waals surface area contributed by atoms with Crippen LogP contribution in [0.1, 0.15) is 22.6 Å². The fourth-order valence-corrected chi connectivity index (χ4v) is 3.14. The number of nitrogens with zero attached hydrogens (tertiary/aromatic N) is 2. The van der Waals surface area contributed by atoms with Crippen molar-refractivity contribution in [3.8, 4) is 0 Å². The first-order valence-electron chi connectivity index (χ1n) is 6.62. The van der Waals surface area contributed by atoms with Crippen LogP contribution in [0.25, 0.3) is 10.2 Å². The Hall–Kier alpha value is -2.21. The van der Waals surface area contributed by atoms with Crippen molar-refractivity contribution in [2.75, 3.05) is 5.32 Å². The van der Waals surface area contributed by atoms with Crippen LogP contribution in [-0.2, 0) is 11.2 Å². The average molecular weight is 301 g/mol. The van der Waals surface area contributed by atoms with Crippen molar-refractivity contribution in [3.05, 3.63) is 40.8 Å². The molecular formula is C15H15N3O2S. The highest BCUT2D eigenvalue weighted by Crippen LogP contribution is 2.26. The number of carbonyl (C=O) groups excluding carboxylic acids is 1. The van der Waals surface area contributed by atoms with Crippen molar-refractivity contribution >= 4 is 32.6 Å². The molecule has 108 valence electrons. The smallest absolute Gasteiger partial charge is 0.230 e. The summed E-state index contributed by atoms with van der Waals surface area (Å²) in [6, 6.07) is 6.04. The maximum atomic E-state index is 12.1. The van der Waals surface area contributed by atoms with Gasteiger partial charge in [-0.2, -0.15) is 0 Å². The van der Waals surface area contributed by atoms with Gasteiger partial charge >= 0.3 is 0 Å². The van der Waals surface area contributed by atoms with E-state index in [0.29, 0.717) is 10.9 Å². The summed E-state index contributed by atoms with van der Waals surface area (Å²) in [6.45, 7) is 5.68. The molecule has 21 heavy (non-hydrogen) atoms. The lowest BCUT2D eigenvalue weighted by Crippen LogP contribution is -2.14. The Balaban J connectivity index is 1.77. The van der Waals surface area contributed by atoms with Gasteiger partial charge in [0.05, 0.1) is 22.3 Å². The van der Waals surface area contributed by atoms with Gasteiger partial charge in [-0.1, -0.05) is 22.6 Å². The number of hydrogen-bond acceptors (Lipinski definition) is 5. The van der Waals surface area contributed by atoms with Crippen LogP contribution in [-0.4, -0.2) is 16.0 Å². The molecule has 1 N–H and O–H groups in total. The molecule has 2 heterocycles. The zero-order chi connectivity index (χ0) is 15.0. The van der Waals surface area contributed by atoms with Crippen LogP contribution >= 0.6 is 11.3 Å². The molecule has 0 atom stereocenters. The molecule has 0 unspecified atom stereocenters. The van der Waals surface area contributed by atoms with Crippen LogP contribution < -0.4 is 5.32 Å². The van der Waals surface area contributed by atoms with Crippen LogP contribution in [0.15, 0.2) is 22.7 Å². The first kappa shape index (κ1) is 13.8. The topological polar surface area (TPSA) is 68.0 Å². The van der Waals surface area contributed by atoms with E-state index in [9.17, 15) is 4.79 Å². The zero-order valence-electron chi connectivity index (χ0n) is 12.1. The Morgan fingerprint density at radius 2 is 2.14 bits per heavy atom.